The first-order valence-electron chi connectivity index (χ1n) is 5.98. The summed E-state index contributed by atoms with van der Waals surface area (Å²) in [5.41, 5.74) is 5.54. The summed E-state index contributed by atoms with van der Waals surface area (Å²) in [5.74, 6) is 0.860. The Morgan fingerprint density at radius 1 is 1.29 bits per heavy atom. The van der Waals surface area contributed by atoms with Gasteiger partial charge in [0.15, 0.2) is 0 Å². The molecule has 1 aromatic carbocycles. The predicted octanol–water partition coefficient (Wildman–Crippen LogP) is 1.96. The van der Waals surface area contributed by atoms with Gasteiger partial charge >= 0.3 is 0 Å². The standard InChI is InChI=1S/C13H18FNO2/c14-11-2-5-12(6-3-11)16-8-10-1-4-13(7-15)17-9-10/h2-3,5-6,10,13H,1,4,7-9,15H2. The molecule has 1 saturated heterocycles. The van der Waals surface area contributed by atoms with Gasteiger partial charge in [-0.1, -0.05) is 0 Å². The van der Waals surface area contributed by atoms with Crippen LogP contribution in [-0.2, 0) is 4.74 Å². The molecule has 1 aliphatic heterocycles. The number of hydrogen-bond acceptors (Lipinski definition) is 3. The minimum atomic E-state index is -0.246. The van der Waals surface area contributed by atoms with Crippen LogP contribution in [0.2, 0.25) is 0 Å². The van der Waals surface area contributed by atoms with Gasteiger partial charge in [-0.3, -0.25) is 0 Å². The lowest BCUT2D eigenvalue weighted by atomic mass is 9.99. The van der Waals surface area contributed by atoms with E-state index in [1.54, 1.807) is 12.1 Å². The Hall–Kier alpha value is -1.13. The minimum absolute atomic E-state index is 0.206. The number of ether oxygens (including phenoxy) is 2. The van der Waals surface area contributed by atoms with E-state index in [4.69, 9.17) is 15.2 Å². The second-order valence-corrected chi connectivity index (χ2v) is 4.40. The van der Waals surface area contributed by atoms with Gasteiger partial charge in [-0.05, 0) is 37.1 Å². The van der Waals surface area contributed by atoms with Gasteiger partial charge < -0.3 is 15.2 Å². The molecule has 0 amide bonds. The Morgan fingerprint density at radius 3 is 2.65 bits per heavy atom. The van der Waals surface area contributed by atoms with E-state index >= 15 is 0 Å². The normalized spacial score (nSPS) is 24.6. The molecule has 2 atom stereocenters. The van der Waals surface area contributed by atoms with Gasteiger partial charge in [-0.25, -0.2) is 4.39 Å². The molecule has 0 radical (unpaired) electrons. The van der Waals surface area contributed by atoms with E-state index in [2.05, 4.69) is 0 Å². The molecule has 1 heterocycles. The number of hydrogen-bond donors (Lipinski definition) is 1. The smallest absolute Gasteiger partial charge is 0.123 e. The zero-order valence-electron chi connectivity index (χ0n) is 9.77. The van der Waals surface area contributed by atoms with Crippen LogP contribution in [0.3, 0.4) is 0 Å². The van der Waals surface area contributed by atoms with Crippen molar-refractivity contribution in [3.05, 3.63) is 30.1 Å². The average molecular weight is 239 g/mol. The molecule has 0 saturated carbocycles. The molecular formula is C13H18FNO2. The predicted molar refractivity (Wildman–Crippen MR) is 63.4 cm³/mol. The molecule has 2 unspecified atom stereocenters. The minimum Gasteiger partial charge on any atom is -0.493 e. The Morgan fingerprint density at radius 2 is 2.06 bits per heavy atom. The van der Waals surface area contributed by atoms with E-state index in [-0.39, 0.29) is 11.9 Å². The Labute approximate surface area is 101 Å². The van der Waals surface area contributed by atoms with Crippen LogP contribution < -0.4 is 10.5 Å². The van der Waals surface area contributed by atoms with Crippen LogP contribution in [0.25, 0.3) is 0 Å². The van der Waals surface area contributed by atoms with Crippen LogP contribution in [0, 0.1) is 11.7 Å². The van der Waals surface area contributed by atoms with Gasteiger partial charge in [0, 0.05) is 12.5 Å². The first kappa shape index (κ1) is 12.3. The number of benzene rings is 1. The van der Waals surface area contributed by atoms with Gasteiger partial charge in [-0.2, -0.15) is 0 Å². The van der Waals surface area contributed by atoms with Crippen LogP contribution in [0.1, 0.15) is 12.8 Å². The molecule has 3 nitrogen and oxygen atoms in total. The third kappa shape index (κ3) is 3.68. The average Bonchev–Trinajstić information content (AvgIpc) is 2.39. The SMILES string of the molecule is NCC1CCC(COc2ccc(F)cc2)CO1. The summed E-state index contributed by atoms with van der Waals surface area (Å²) in [5, 5.41) is 0. The number of rotatable bonds is 4. The summed E-state index contributed by atoms with van der Waals surface area (Å²) in [6, 6.07) is 6.08. The molecule has 2 rings (SSSR count). The van der Waals surface area contributed by atoms with Crippen molar-refractivity contribution >= 4 is 0 Å². The molecule has 2 N–H and O–H groups in total. The van der Waals surface area contributed by atoms with Crippen molar-refractivity contribution in [2.24, 2.45) is 11.7 Å². The maximum atomic E-state index is 12.7. The highest BCUT2D eigenvalue weighted by molar-refractivity contribution is 5.22. The highest BCUT2D eigenvalue weighted by Crippen LogP contribution is 2.20. The van der Waals surface area contributed by atoms with E-state index < -0.39 is 0 Å². The van der Waals surface area contributed by atoms with Gasteiger partial charge in [0.25, 0.3) is 0 Å². The monoisotopic (exact) mass is 239 g/mol. The maximum absolute atomic E-state index is 12.7. The Kier molecular flexibility index (Phi) is 4.34. The zero-order chi connectivity index (χ0) is 12.1. The lowest BCUT2D eigenvalue weighted by molar-refractivity contribution is -0.0219. The summed E-state index contributed by atoms with van der Waals surface area (Å²) in [7, 11) is 0. The lowest BCUT2D eigenvalue weighted by Crippen LogP contribution is -2.33. The Bertz CT molecular complexity index is 334. The summed E-state index contributed by atoms with van der Waals surface area (Å²) in [6.45, 7) is 1.90. The van der Waals surface area contributed by atoms with Crippen LogP contribution in [-0.4, -0.2) is 25.9 Å². The fraction of sp³-hybridized carbons (Fsp3) is 0.538. The first-order chi connectivity index (χ1) is 8.28. The summed E-state index contributed by atoms with van der Waals surface area (Å²) < 4.78 is 23.8. The molecule has 94 valence electrons. The van der Waals surface area contributed by atoms with Crippen LogP contribution in [0.5, 0.6) is 5.75 Å². The van der Waals surface area contributed by atoms with Crippen molar-refractivity contribution in [2.75, 3.05) is 19.8 Å². The zero-order valence-corrected chi connectivity index (χ0v) is 9.77. The molecule has 0 bridgehead atoms. The molecule has 17 heavy (non-hydrogen) atoms. The maximum Gasteiger partial charge on any atom is 0.123 e. The van der Waals surface area contributed by atoms with Gasteiger partial charge in [-0.15, -0.1) is 0 Å². The largest absolute Gasteiger partial charge is 0.493 e. The second kappa shape index (κ2) is 5.98. The summed E-state index contributed by atoms with van der Waals surface area (Å²) in [4.78, 5) is 0. The molecule has 1 fully saturated rings. The quantitative estimate of drug-likeness (QED) is 0.873. The summed E-state index contributed by atoms with van der Waals surface area (Å²) >= 11 is 0. The molecule has 0 aliphatic carbocycles. The van der Waals surface area contributed by atoms with E-state index in [1.807, 2.05) is 0 Å². The number of halogens is 1. The van der Waals surface area contributed by atoms with Gasteiger partial charge in [0.1, 0.15) is 11.6 Å². The first-order valence-corrected chi connectivity index (χ1v) is 5.98. The fourth-order valence-electron chi connectivity index (χ4n) is 1.92. The van der Waals surface area contributed by atoms with Gasteiger partial charge in [0.05, 0.1) is 19.3 Å². The van der Waals surface area contributed by atoms with Crippen LogP contribution >= 0.6 is 0 Å². The highest BCUT2D eigenvalue weighted by Gasteiger charge is 2.21. The topological polar surface area (TPSA) is 44.5 Å². The summed E-state index contributed by atoms with van der Waals surface area (Å²) in [6.07, 6.45) is 2.27. The molecule has 4 heteroatoms. The van der Waals surface area contributed by atoms with Crippen molar-refractivity contribution in [1.82, 2.24) is 0 Å². The van der Waals surface area contributed by atoms with Crippen molar-refractivity contribution in [2.45, 2.75) is 18.9 Å². The number of nitrogens with two attached hydrogens (primary N) is 1. The van der Waals surface area contributed by atoms with Crippen molar-refractivity contribution in [1.29, 1.82) is 0 Å². The molecule has 0 aromatic heterocycles. The van der Waals surface area contributed by atoms with E-state index in [9.17, 15) is 4.39 Å². The van der Waals surface area contributed by atoms with E-state index in [1.165, 1.54) is 12.1 Å². The van der Waals surface area contributed by atoms with Crippen LogP contribution in [0.4, 0.5) is 4.39 Å². The van der Waals surface area contributed by atoms with E-state index in [0.29, 0.717) is 31.4 Å². The molecular weight excluding hydrogens is 221 g/mol. The van der Waals surface area contributed by atoms with E-state index in [0.717, 1.165) is 12.8 Å². The second-order valence-electron chi connectivity index (χ2n) is 4.40. The van der Waals surface area contributed by atoms with Crippen LogP contribution in [0.15, 0.2) is 24.3 Å². The van der Waals surface area contributed by atoms with Crippen molar-refractivity contribution in [3.63, 3.8) is 0 Å². The Balaban J connectivity index is 1.74. The third-order valence-electron chi connectivity index (χ3n) is 3.03. The fourth-order valence-corrected chi connectivity index (χ4v) is 1.92. The van der Waals surface area contributed by atoms with Crippen molar-refractivity contribution in [3.8, 4) is 5.75 Å². The molecule has 1 aromatic rings. The third-order valence-corrected chi connectivity index (χ3v) is 3.03. The lowest BCUT2D eigenvalue weighted by Gasteiger charge is -2.28. The van der Waals surface area contributed by atoms with Gasteiger partial charge in [0.2, 0.25) is 0 Å². The highest BCUT2D eigenvalue weighted by atomic mass is 19.1. The molecule has 1 aliphatic rings. The molecule has 0 spiro atoms. The van der Waals surface area contributed by atoms with Crippen molar-refractivity contribution < 1.29 is 13.9 Å².